The van der Waals surface area contributed by atoms with Gasteiger partial charge in [-0.1, -0.05) is 12.1 Å². The van der Waals surface area contributed by atoms with Gasteiger partial charge in [-0.05, 0) is 37.6 Å². The first-order chi connectivity index (χ1) is 9.67. The van der Waals surface area contributed by atoms with Crippen LogP contribution in [0.5, 0.6) is 5.75 Å². The molecule has 2 aromatic rings. The molecule has 0 radical (unpaired) electrons. The SMILES string of the molecule is CCOc1ccc(/C=C/C(=O)Nc2ncc(C)s2)cc1. The van der Waals surface area contributed by atoms with Crippen LogP contribution in [0.4, 0.5) is 5.13 Å². The summed E-state index contributed by atoms with van der Waals surface area (Å²) in [6.07, 6.45) is 4.98. The van der Waals surface area contributed by atoms with Gasteiger partial charge < -0.3 is 4.74 Å². The summed E-state index contributed by atoms with van der Waals surface area (Å²) < 4.78 is 5.36. The summed E-state index contributed by atoms with van der Waals surface area (Å²) in [5, 5.41) is 3.34. The lowest BCUT2D eigenvalue weighted by Crippen LogP contribution is -2.07. The fourth-order valence-corrected chi connectivity index (χ4v) is 2.24. The average Bonchev–Trinajstić information content (AvgIpc) is 2.84. The summed E-state index contributed by atoms with van der Waals surface area (Å²) in [6, 6.07) is 7.57. The van der Waals surface area contributed by atoms with Crippen LogP contribution in [0, 0.1) is 6.92 Å². The quantitative estimate of drug-likeness (QED) is 0.857. The molecule has 0 fully saturated rings. The molecule has 5 heteroatoms. The Labute approximate surface area is 122 Å². The molecule has 0 spiro atoms. The Hall–Kier alpha value is -2.14. The van der Waals surface area contributed by atoms with Crippen LogP contribution in [0.3, 0.4) is 0 Å². The van der Waals surface area contributed by atoms with Gasteiger partial charge in [-0.15, -0.1) is 11.3 Å². The number of nitrogens with one attached hydrogen (secondary N) is 1. The van der Waals surface area contributed by atoms with E-state index >= 15 is 0 Å². The Bertz CT molecular complexity index is 603. The van der Waals surface area contributed by atoms with Crippen molar-refractivity contribution in [3.63, 3.8) is 0 Å². The zero-order chi connectivity index (χ0) is 14.4. The number of carbonyl (C=O) groups excluding carboxylic acids is 1. The second kappa shape index (κ2) is 6.86. The topological polar surface area (TPSA) is 51.2 Å². The normalized spacial score (nSPS) is 10.7. The first-order valence-electron chi connectivity index (χ1n) is 6.31. The number of hydrogen-bond acceptors (Lipinski definition) is 4. The Kier molecular flexibility index (Phi) is 4.90. The van der Waals surface area contributed by atoms with Crippen LogP contribution in [0.15, 0.2) is 36.5 Å². The third kappa shape index (κ3) is 4.20. The molecule has 1 N–H and O–H groups in total. The lowest BCUT2D eigenvalue weighted by molar-refractivity contribution is -0.111. The van der Waals surface area contributed by atoms with Crippen molar-refractivity contribution >= 4 is 28.5 Å². The number of benzene rings is 1. The van der Waals surface area contributed by atoms with Crippen molar-refractivity contribution < 1.29 is 9.53 Å². The van der Waals surface area contributed by atoms with Crippen LogP contribution < -0.4 is 10.1 Å². The number of aromatic nitrogens is 1. The zero-order valence-corrected chi connectivity index (χ0v) is 12.2. The number of amides is 1. The predicted octanol–water partition coefficient (Wildman–Crippen LogP) is 3.50. The molecule has 20 heavy (non-hydrogen) atoms. The number of ether oxygens (including phenoxy) is 1. The number of carbonyl (C=O) groups is 1. The van der Waals surface area contributed by atoms with E-state index in [9.17, 15) is 4.79 Å². The first-order valence-corrected chi connectivity index (χ1v) is 7.13. The zero-order valence-electron chi connectivity index (χ0n) is 11.4. The lowest BCUT2D eigenvalue weighted by Gasteiger charge is -2.02. The van der Waals surface area contributed by atoms with Gasteiger partial charge in [0.15, 0.2) is 5.13 Å². The van der Waals surface area contributed by atoms with Crippen molar-refractivity contribution in [3.8, 4) is 5.75 Å². The van der Waals surface area contributed by atoms with Crippen molar-refractivity contribution in [2.75, 3.05) is 11.9 Å². The smallest absolute Gasteiger partial charge is 0.250 e. The van der Waals surface area contributed by atoms with Crippen molar-refractivity contribution in [1.29, 1.82) is 0 Å². The summed E-state index contributed by atoms with van der Waals surface area (Å²) in [6.45, 7) is 4.53. The number of aryl methyl sites for hydroxylation is 1. The predicted molar refractivity (Wildman–Crippen MR) is 82.1 cm³/mol. The van der Waals surface area contributed by atoms with E-state index < -0.39 is 0 Å². The van der Waals surface area contributed by atoms with E-state index in [1.54, 1.807) is 12.3 Å². The summed E-state index contributed by atoms with van der Waals surface area (Å²) >= 11 is 1.45. The summed E-state index contributed by atoms with van der Waals surface area (Å²) in [5.41, 5.74) is 0.943. The molecule has 0 aliphatic carbocycles. The Morgan fingerprint density at radius 3 is 2.75 bits per heavy atom. The summed E-state index contributed by atoms with van der Waals surface area (Å²) in [5.74, 6) is 0.639. The molecule has 1 heterocycles. The van der Waals surface area contributed by atoms with Crippen LogP contribution in [-0.2, 0) is 4.79 Å². The third-order valence-corrected chi connectivity index (χ3v) is 3.30. The van der Waals surface area contributed by atoms with Gasteiger partial charge in [0.1, 0.15) is 5.75 Å². The molecule has 0 aliphatic rings. The van der Waals surface area contributed by atoms with Gasteiger partial charge in [-0.3, -0.25) is 10.1 Å². The average molecular weight is 288 g/mol. The van der Waals surface area contributed by atoms with E-state index in [1.165, 1.54) is 17.4 Å². The highest BCUT2D eigenvalue weighted by molar-refractivity contribution is 7.15. The molecule has 2 rings (SSSR count). The van der Waals surface area contributed by atoms with Gasteiger partial charge in [-0.2, -0.15) is 0 Å². The molecule has 0 unspecified atom stereocenters. The fourth-order valence-electron chi connectivity index (χ4n) is 1.57. The minimum atomic E-state index is -0.187. The molecule has 4 nitrogen and oxygen atoms in total. The minimum Gasteiger partial charge on any atom is -0.494 e. The molecule has 1 amide bonds. The largest absolute Gasteiger partial charge is 0.494 e. The molecule has 0 saturated carbocycles. The molecule has 0 atom stereocenters. The number of anilines is 1. The fraction of sp³-hybridized carbons (Fsp3) is 0.200. The van der Waals surface area contributed by atoms with Gasteiger partial charge >= 0.3 is 0 Å². The molecule has 104 valence electrons. The lowest BCUT2D eigenvalue weighted by atomic mass is 10.2. The molecule has 1 aromatic heterocycles. The van der Waals surface area contributed by atoms with Crippen molar-refractivity contribution in [1.82, 2.24) is 4.98 Å². The maximum Gasteiger partial charge on any atom is 0.250 e. The summed E-state index contributed by atoms with van der Waals surface area (Å²) in [7, 11) is 0. The van der Waals surface area contributed by atoms with Gasteiger partial charge in [0.2, 0.25) is 5.91 Å². The molecular formula is C15H16N2O2S. The Balaban J connectivity index is 1.93. The van der Waals surface area contributed by atoms with Crippen molar-refractivity contribution in [2.24, 2.45) is 0 Å². The number of hydrogen-bond donors (Lipinski definition) is 1. The number of thiazole rings is 1. The van der Waals surface area contributed by atoms with E-state index in [0.717, 1.165) is 16.2 Å². The standard InChI is InChI=1S/C15H16N2O2S/c1-3-19-13-7-4-12(5-8-13)6-9-14(18)17-15-16-10-11(2)20-15/h4-10H,3H2,1-2H3,(H,16,17,18)/b9-6+. The van der Waals surface area contributed by atoms with Crippen LogP contribution in [0.25, 0.3) is 6.08 Å². The molecule has 1 aromatic carbocycles. The highest BCUT2D eigenvalue weighted by atomic mass is 32.1. The highest BCUT2D eigenvalue weighted by Crippen LogP contribution is 2.16. The van der Waals surface area contributed by atoms with E-state index in [1.807, 2.05) is 38.1 Å². The van der Waals surface area contributed by atoms with Crippen molar-refractivity contribution in [3.05, 3.63) is 47.0 Å². The maximum absolute atomic E-state index is 11.7. The second-order valence-electron chi connectivity index (χ2n) is 4.10. The molecule has 0 saturated heterocycles. The number of rotatable bonds is 5. The molecular weight excluding hydrogens is 272 g/mol. The van der Waals surface area contributed by atoms with Crippen molar-refractivity contribution in [2.45, 2.75) is 13.8 Å². The Morgan fingerprint density at radius 2 is 2.15 bits per heavy atom. The van der Waals surface area contributed by atoms with E-state index in [0.29, 0.717) is 11.7 Å². The molecule has 0 aliphatic heterocycles. The monoisotopic (exact) mass is 288 g/mol. The highest BCUT2D eigenvalue weighted by Gasteiger charge is 2.01. The number of nitrogens with zero attached hydrogens (tertiary/aromatic N) is 1. The van der Waals surface area contributed by atoms with E-state index in [-0.39, 0.29) is 5.91 Å². The van der Waals surface area contributed by atoms with Gasteiger partial charge in [-0.25, -0.2) is 4.98 Å². The summed E-state index contributed by atoms with van der Waals surface area (Å²) in [4.78, 5) is 16.9. The van der Waals surface area contributed by atoms with Crippen LogP contribution in [0.2, 0.25) is 0 Å². The van der Waals surface area contributed by atoms with Gasteiger partial charge in [0.05, 0.1) is 6.61 Å². The van der Waals surface area contributed by atoms with Crippen LogP contribution in [-0.4, -0.2) is 17.5 Å². The Morgan fingerprint density at radius 1 is 1.40 bits per heavy atom. The van der Waals surface area contributed by atoms with Gasteiger partial charge in [0.25, 0.3) is 0 Å². The van der Waals surface area contributed by atoms with Crippen LogP contribution >= 0.6 is 11.3 Å². The minimum absolute atomic E-state index is 0.187. The first kappa shape index (κ1) is 14.3. The van der Waals surface area contributed by atoms with Crippen LogP contribution in [0.1, 0.15) is 17.4 Å². The molecule has 0 bridgehead atoms. The van der Waals surface area contributed by atoms with Gasteiger partial charge in [0, 0.05) is 17.2 Å². The van der Waals surface area contributed by atoms with E-state index in [2.05, 4.69) is 10.3 Å². The van der Waals surface area contributed by atoms with E-state index in [4.69, 9.17) is 4.74 Å². The maximum atomic E-state index is 11.7. The second-order valence-corrected chi connectivity index (χ2v) is 5.34. The third-order valence-electron chi connectivity index (χ3n) is 2.47.